The molecule has 154 valence electrons. The predicted octanol–water partition coefficient (Wildman–Crippen LogP) is 3.72. The van der Waals surface area contributed by atoms with Gasteiger partial charge < -0.3 is 15.4 Å². The van der Waals surface area contributed by atoms with Crippen LogP contribution in [0.4, 0.5) is 10.1 Å². The zero-order chi connectivity index (χ0) is 21.6. The van der Waals surface area contributed by atoms with Crippen LogP contribution >= 0.6 is 11.6 Å². The Morgan fingerprint density at radius 2 is 1.76 bits per heavy atom. The summed E-state index contributed by atoms with van der Waals surface area (Å²) >= 11 is 5.91. The van der Waals surface area contributed by atoms with Gasteiger partial charge in [0, 0.05) is 16.3 Å². The Hall–Kier alpha value is -2.93. The second-order valence-electron chi connectivity index (χ2n) is 6.82. The molecule has 2 aromatic rings. The van der Waals surface area contributed by atoms with E-state index in [1.165, 1.54) is 12.1 Å². The van der Waals surface area contributed by atoms with Gasteiger partial charge in [-0.1, -0.05) is 31.5 Å². The number of benzene rings is 2. The van der Waals surface area contributed by atoms with Crippen LogP contribution in [0.25, 0.3) is 0 Å². The SMILES string of the molecule is Cc1ccc(Cl)cc1NC(=O)COC(=O)[C@@H](NC(=O)c1ccc(F)cc1)C(C)C. The molecule has 8 heteroatoms. The molecule has 0 unspecified atom stereocenters. The largest absolute Gasteiger partial charge is 0.454 e. The zero-order valence-electron chi connectivity index (χ0n) is 16.3. The van der Waals surface area contributed by atoms with Gasteiger partial charge >= 0.3 is 5.97 Å². The number of esters is 1. The number of hydrogen-bond donors (Lipinski definition) is 2. The van der Waals surface area contributed by atoms with Crippen LogP contribution in [0.15, 0.2) is 42.5 Å². The molecule has 2 aromatic carbocycles. The number of carbonyl (C=O) groups excluding carboxylic acids is 3. The van der Waals surface area contributed by atoms with Gasteiger partial charge in [-0.2, -0.15) is 0 Å². The first-order valence-corrected chi connectivity index (χ1v) is 9.34. The van der Waals surface area contributed by atoms with E-state index in [0.29, 0.717) is 10.7 Å². The van der Waals surface area contributed by atoms with Gasteiger partial charge in [-0.05, 0) is 54.8 Å². The van der Waals surface area contributed by atoms with Crippen molar-refractivity contribution in [2.75, 3.05) is 11.9 Å². The van der Waals surface area contributed by atoms with Crippen LogP contribution in [0.2, 0.25) is 5.02 Å². The summed E-state index contributed by atoms with van der Waals surface area (Å²) in [6.07, 6.45) is 0. The number of nitrogens with one attached hydrogen (secondary N) is 2. The number of aryl methyl sites for hydroxylation is 1. The average molecular weight is 421 g/mol. The molecule has 1 atom stereocenters. The molecular formula is C21H22ClFN2O4. The second kappa shape index (κ2) is 10.0. The number of hydrogen-bond acceptors (Lipinski definition) is 4. The summed E-state index contributed by atoms with van der Waals surface area (Å²) in [5.74, 6) is -2.57. The van der Waals surface area contributed by atoms with Crippen LogP contribution in [0, 0.1) is 18.7 Å². The summed E-state index contributed by atoms with van der Waals surface area (Å²) in [7, 11) is 0. The molecule has 0 aliphatic carbocycles. The van der Waals surface area contributed by atoms with E-state index in [2.05, 4.69) is 10.6 Å². The van der Waals surface area contributed by atoms with Crippen molar-refractivity contribution in [3.63, 3.8) is 0 Å². The molecule has 2 amide bonds. The maximum Gasteiger partial charge on any atom is 0.329 e. The summed E-state index contributed by atoms with van der Waals surface area (Å²) in [5.41, 5.74) is 1.53. The Kier molecular flexibility index (Phi) is 7.73. The summed E-state index contributed by atoms with van der Waals surface area (Å²) in [6.45, 7) is 4.75. The van der Waals surface area contributed by atoms with E-state index in [-0.39, 0.29) is 11.5 Å². The van der Waals surface area contributed by atoms with Crippen LogP contribution in [0.3, 0.4) is 0 Å². The van der Waals surface area contributed by atoms with Gasteiger partial charge in [0.2, 0.25) is 0 Å². The van der Waals surface area contributed by atoms with Crippen LogP contribution in [0.1, 0.15) is 29.8 Å². The van der Waals surface area contributed by atoms with E-state index in [4.69, 9.17) is 16.3 Å². The summed E-state index contributed by atoms with van der Waals surface area (Å²) < 4.78 is 18.1. The molecule has 0 radical (unpaired) electrons. The van der Waals surface area contributed by atoms with Crippen molar-refractivity contribution in [2.45, 2.75) is 26.8 Å². The maximum absolute atomic E-state index is 13.0. The monoisotopic (exact) mass is 420 g/mol. The topological polar surface area (TPSA) is 84.5 Å². The Balaban J connectivity index is 1.95. The van der Waals surface area contributed by atoms with Gasteiger partial charge in [0.15, 0.2) is 6.61 Å². The molecule has 0 heterocycles. The van der Waals surface area contributed by atoms with E-state index in [1.54, 1.807) is 39.0 Å². The third-order valence-corrected chi connectivity index (χ3v) is 4.37. The molecule has 0 aliphatic rings. The van der Waals surface area contributed by atoms with Gasteiger partial charge in [0.25, 0.3) is 11.8 Å². The third kappa shape index (κ3) is 6.57. The molecule has 0 aromatic heterocycles. The molecule has 0 spiro atoms. The minimum Gasteiger partial charge on any atom is -0.454 e. The Labute approximate surface area is 173 Å². The zero-order valence-corrected chi connectivity index (χ0v) is 17.0. The van der Waals surface area contributed by atoms with Gasteiger partial charge in [0.1, 0.15) is 11.9 Å². The van der Waals surface area contributed by atoms with Crippen molar-refractivity contribution < 1.29 is 23.5 Å². The molecule has 0 saturated heterocycles. The molecule has 0 bridgehead atoms. The lowest BCUT2D eigenvalue weighted by Gasteiger charge is -2.21. The Bertz CT molecular complexity index is 900. The highest BCUT2D eigenvalue weighted by molar-refractivity contribution is 6.31. The minimum absolute atomic E-state index is 0.207. The number of carbonyl (C=O) groups is 3. The van der Waals surface area contributed by atoms with Crippen LogP contribution in [-0.4, -0.2) is 30.4 Å². The highest BCUT2D eigenvalue weighted by Gasteiger charge is 2.26. The first-order chi connectivity index (χ1) is 13.7. The van der Waals surface area contributed by atoms with Gasteiger partial charge in [-0.15, -0.1) is 0 Å². The molecular weight excluding hydrogens is 399 g/mol. The molecule has 6 nitrogen and oxygen atoms in total. The molecule has 2 rings (SSSR count). The number of halogens is 2. The van der Waals surface area contributed by atoms with Crippen molar-refractivity contribution in [1.29, 1.82) is 0 Å². The molecule has 0 aliphatic heterocycles. The number of anilines is 1. The van der Waals surface area contributed by atoms with E-state index in [1.807, 2.05) is 0 Å². The smallest absolute Gasteiger partial charge is 0.329 e. The molecule has 0 fully saturated rings. The highest BCUT2D eigenvalue weighted by Crippen LogP contribution is 2.20. The van der Waals surface area contributed by atoms with E-state index >= 15 is 0 Å². The van der Waals surface area contributed by atoms with Crippen molar-refractivity contribution >= 4 is 35.1 Å². The lowest BCUT2D eigenvalue weighted by molar-refractivity contribution is -0.150. The van der Waals surface area contributed by atoms with Crippen molar-refractivity contribution in [3.05, 3.63) is 64.4 Å². The summed E-state index contributed by atoms with van der Waals surface area (Å²) in [5, 5.41) is 5.64. The number of amides is 2. The van der Waals surface area contributed by atoms with E-state index in [0.717, 1.165) is 17.7 Å². The molecule has 0 saturated carbocycles. The Morgan fingerprint density at radius 1 is 1.10 bits per heavy atom. The fourth-order valence-electron chi connectivity index (χ4n) is 2.47. The maximum atomic E-state index is 13.0. The first kappa shape index (κ1) is 22.4. The fourth-order valence-corrected chi connectivity index (χ4v) is 2.64. The summed E-state index contributed by atoms with van der Waals surface area (Å²) in [6, 6.07) is 9.01. The predicted molar refractivity (Wildman–Crippen MR) is 108 cm³/mol. The number of ether oxygens (including phenoxy) is 1. The Morgan fingerprint density at radius 3 is 2.38 bits per heavy atom. The lowest BCUT2D eigenvalue weighted by Crippen LogP contribution is -2.45. The average Bonchev–Trinajstić information content (AvgIpc) is 2.67. The van der Waals surface area contributed by atoms with Crippen molar-refractivity contribution in [1.82, 2.24) is 5.32 Å². The summed E-state index contributed by atoms with van der Waals surface area (Å²) in [4.78, 5) is 36.8. The third-order valence-electron chi connectivity index (χ3n) is 4.13. The normalized spacial score (nSPS) is 11.7. The minimum atomic E-state index is -0.965. The van der Waals surface area contributed by atoms with Crippen molar-refractivity contribution in [2.24, 2.45) is 5.92 Å². The molecule has 2 N–H and O–H groups in total. The van der Waals surface area contributed by atoms with E-state index in [9.17, 15) is 18.8 Å². The van der Waals surface area contributed by atoms with Gasteiger partial charge in [0.05, 0.1) is 0 Å². The van der Waals surface area contributed by atoms with Gasteiger partial charge in [-0.3, -0.25) is 9.59 Å². The number of rotatable bonds is 7. The molecule has 29 heavy (non-hydrogen) atoms. The van der Waals surface area contributed by atoms with Crippen LogP contribution < -0.4 is 10.6 Å². The first-order valence-electron chi connectivity index (χ1n) is 8.96. The standard InChI is InChI=1S/C21H22ClFN2O4/c1-12(2)19(25-20(27)14-5-8-16(23)9-6-14)21(28)29-11-18(26)24-17-10-15(22)7-4-13(17)3/h4-10,12,19H,11H2,1-3H3,(H,24,26)(H,25,27)/t19-/m0/s1. The van der Waals surface area contributed by atoms with E-state index < -0.39 is 36.2 Å². The second-order valence-corrected chi connectivity index (χ2v) is 7.25. The highest BCUT2D eigenvalue weighted by atomic mass is 35.5. The van der Waals surface area contributed by atoms with Crippen LogP contribution in [-0.2, 0) is 14.3 Å². The lowest BCUT2D eigenvalue weighted by atomic mass is 10.0. The quantitative estimate of drug-likeness (QED) is 0.668. The van der Waals surface area contributed by atoms with Crippen molar-refractivity contribution in [3.8, 4) is 0 Å². The van der Waals surface area contributed by atoms with Gasteiger partial charge in [-0.25, -0.2) is 9.18 Å². The van der Waals surface area contributed by atoms with Crippen LogP contribution in [0.5, 0.6) is 0 Å². The fraction of sp³-hybridized carbons (Fsp3) is 0.286.